The van der Waals surface area contributed by atoms with Crippen molar-refractivity contribution in [2.75, 3.05) is 19.7 Å². The summed E-state index contributed by atoms with van der Waals surface area (Å²) in [4.78, 5) is 25.0. The second kappa shape index (κ2) is 9.07. The molecular formula is C18H23F3N2O4. The number of amides is 2. The molecule has 1 saturated heterocycles. The number of rotatable bonds is 6. The second-order valence-electron chi connectivity index (χ2n) is 6.86. The van der Waals surface area contributed by atoms with E-state index in [2.05, 4.69) is 10.1 Å². The maximum atomic E-state index is 12.3. The van der Waals surface area contributed by atoms with Crippen LogP contribution in [0.3, 0.4) is 0 Å². The first-order valence-corrected chi connectivity index (χ1v) is 8.62. The molecule has 9 heteroatoms. The van der Waals surface area contributed by atoms with Crippen molar-refractivity contribution in [3.8, 4) is 0 Å². The normalized spacial score (nSPS) is 20.4. The van der Waals surface area contributed by atoms with Crippen LogP contribution in [-0.2, 0) is 22.7 Å². The molecule has 1 aliphatic heterocycles. The molecule has 0 radical (unpaired) electrons. The molecule has 0 aliphatic carbocycles. The number of aliphatic carboxylic acids is 1. The Morgan fingerprint density at radius 2 is 1.85 bits per heavy atom. The molecule has 2 N–H and O–H groups in total. The Labute approximate surface area is 155 Å². The minimum absolute atomic E-state index is 0.113. The van der Waals surface area contributed by atoms with E-state index in [1.54, 1.807) is 24.3 Å². The molecule has 2 unspecified atom stereocenters. The summed E-state index contributed by atoms with van der Waals surface area (Å²) in [6, 6.07) is 6.35. The summed E-state index contributed by atoms with van der Waals surface area (Å²) in [6.07, 6.45) is -3.80. The first-order valence-electron chi connectivity index (χ1n) is 8.62. The third-order valence-electron chi connectivity index (χ3n) is 4.30. The second-order valence-corrected chi connectivity index (χ2v) is 6.86. The van der Waals surface area contributed by atoms with Crippen molar-refractivity contribution < 1.29 is 32.6 Å². The molecule has 1 aromatic rings. The molecule has 0 bridgehead atoms. The molecule has 2 amide bonds. The molecular weight excluding hydrogens is 365 g/mol. The Morgan fingerprint density at radius 3 is 2.44 bits per heavy atom. The van der Waals surface area contributed by atoms with E-state index in [1.807, 2.05) is 6.92 Å². The quantitative estimate of drug-likeness (QED) is 0.785. The van der Waals surface area contributed by atoms with Crippen molar-refractivity contribution >= 4 is 12.0 Å². The monoisotopic (exact) mass is 388 g/mol. The number of alkyl halides is 3. The zero-order chi connectivity index (χ0) is 20.0. The minimum Gasteiger partial charge on any atom is -0.481 e. The van der Waals surface area contributed by atoms with Gasteiger partial charge in [0.2, 0.25) is 0 Å². The van der Waals surface area contributed by atoms with Gasteiger partial charge in [-0.1, -0.05) is 31.2 Å². The number of carbonyl (C=O) groups excluding carboxylic acids is 1. The minimum atomic E-state index is -4.35. The highest BCUT2D eigenvalue weighted by molar-refractivity contribution is 5.76. The Balaban J connectivity index is 1.80. The van der Waals surface area contributed by atoms with Crippen LogP contribution in [0.5, 0.6) is 0 Å². The van der Waals surface area contributed by atoms with Crippen molar-refractivity contribution in [2.24, 2.45) is 11.8 Å². The molecule has 2 atom stereocenters. The van der Waals surface area contributed by atoms with E-state index >= 15 is 0 Å². The van der Waals surface area contributed by atoms with Gasteiger partial charge in [0.25, 0.3) is 0 Å². The fourth-order valence-electron chi connectivity index (χ4n) is 3.02. The smallest absolute Gasteiger partial charge is 0.411 e. The number of hydrogen-bond acceptors (Lipinski definition) is 3. The van der Waals surface area contributed by atoms with Gasteiger partial charge in [0, 0.05) is 19.6 Å². The van der Waals surface area contributed by atoms with Crippen LogP contribution in [0, 0.1) is 11.8 Å². The molecule has 1 heterocycles. The van der Waals surface area contributed by atoms with Crippen LogP contribution >= 0.6 is 0 Å². The van der Waals surface area contributed by atoms with Gasteiger partial charge in [-0.25, -0.2) is 4.79 Å². The predicted octanol–water partition coefficient (Wildman–Crippen LogP) is 3.02. The Hall–Kier alpha value is -2.29. The van der Waals surface area contributed by atoms with Gasteiger partial charge in [0.15, 0.2) is 0 Å². The van der Waals surface area contributed by atoms with Gasteiger partial charge in [-0.15, -0.1) is 0 Å². The van der Waals surface area contributed by atoms with E-state index in [4.69, 9.17) is 5.11 Å². The molecule has 2 rings (SSSR count). The van der Waals surface area contributed by atoms with E-state index in [0.717, 1.165) is 5.56 Å². The number of nitrogens with zero attached hydrogens (tertiary/aromatic N) is 1. The van der Waals surface area contributed by atoms with Crippen molar-refractivity contribution in [1.29, 1.82) is 0 Å². The zero-order valence-electron chi connectivity index (χ0n) is 15.0. The van der Waals surface area contributed by atoms with E-state index in [1.165, 1.54) is 4.90 Å². The molecule has 150 valence electrons. The number of carboxylic acids is 1. The fourth-order valence-corrected chi connectivity index (χ4v) is 3.02. The molecule has 0 saturated carbocycles. The fraction of sp³-hybridized carbons (Fsp3) is 0.556. The predicted molar refractivity (Wildman–Crippen MR) is 90.9 cm³/mol. The Bertz CT molecular complexity index is 649. The summed E-state index contributed by atoms with van der Waals surface area (Å²) in [5.41, 5.74) is 1.38. The Kier molecular flexibility index (Phi) is 7.06. The average Bonchev–Trinajstić information content (AvgIpc) is 2.59. The number of likely N-dealkylation sites (tertiary alicyclic amines) is 1. The maximum Gasteiger partial charge on any atom is 0.411 e. The van der Waals surface area contributed by atoms with Crippen LogP contribution in [-0.4, -0.2) is 47.9 Å². The topological polar surface area (TPSA) is 78.9 Å². The molecule has 27 heavy (non-hydrogen) atoms. The van der Waals surface area contributed by atoms with Crippen LogP contribution in [0.2, 0.25) is 0 Å². The van der Waals surface area contributed by atoms with E-state index in [0.29, 0.717) is 18.5 Å². The van der Waals surface area contributed by atoms with Crippen LogP contribution in [0.25, 0.3) is 0 Å². The van der Waals surface area contributed by atoms with E-state index < -0.39 is 24.7 Å². The number of ether oxygens (including phenoxy) is 1. The molecule has 0 aromatic heterocycles. The number of piperidine rings is 1. The standard InChI is InChI=1S/C18H23F3N2O4/c1-12-6-15(16(24)25)9-23(8-12)17(26)22-7-13-2-4-14(5-3-13)10-27-11-18(19,20)21/h2-5,12,15H,6-11H2,1H3,(H,22,26)(H,24,25). The molecule has 6 nitrogen and oxygen atoms in total. The first kappa shape index (κ1) is 21.0. The third-order valence-corrected chi connectivity index (χ3v) is 4.30. The number of halogens is 3. The van der Waals surface area contributed by atoms with Gasteiger partial charge in [-0.3, -0.25) is 4.79 Å². The summed E-state index contributed by atoms with van der Waals surface area (Å²) < 4.78 is 40.7. The summed E-state index contributed by atoms with van der Waals surface area (Å²) in [6.45, 7) is 1.40. The van der Waals surface area contributed by atoms with Crippen molar-refractivity contribution in [1.82, 2.24) is 10.2 Å². The number of urea groups is 1. The number of carboxylic acid groups (broad SMARTS) is 1. The van der Waals surface area contributed by atoms with Gasteiger partial charge in [-0.05, 0) is 23.5 Å². The first-order chi connectivity index (χ1) is 12.6. The lowest BCUT2D eigenvalue weighted by molar-refractivity contribution is -0.176. The summed E-state index contributed by atoms with van der Waals surface area (Å²) in [5.74, 6) is -1.35. The van der Waals surface area contributed by atoms with Crippen molar-refractivity contribution in [2.45, 2.75) is 32.7 Å². The number of carbonyl (C=O) groups is 2. The number of nitrogens with one attached hydrogen (secondary N) is 1. The van der Waals surface area contributed by atoms with Gasteiger partial charge < -0.3 is 20.1 Å². The highest BCUT2D eigenvalue weighted by Crippen LogP contribution is 2.22. The molecule has 0 spiro atoms. The largest absolute Gasteiger partial charge is 0.481 e. The van der Waals surface area contributed by atoms with E-state index in [9.17, 15) is 22.8 Å². The number of benzene rings is 1. The highest BCUT2D eigenvalue weighted by Gasteiger charge is 2.31. The van der Waals surface area contributed by atoms with Gasteiger partial charge in [0.05, 0.1) is 12.5 Å². The lowest BCUT2D eigenvalue weighted by atomic mass is 9.91. The van der Waals surface area contributed by atoms with Gasteiger partial charge >= 0.3 is 18.2 Å². The lowest BCUT2D eigenvalue weighted by Crippen LogP contribution is -2.49. The van der Waals surface area contributed by atoms with Crippen LogP contribution in [0.4, 0.5) is 18.0 Å². The lowest BCUT2D eigenvalue weighted by Gasteiger charge is -2.34. The third kappa shape index (κ3) is 7.09. The van der Waals surface area contributed by atoms with Crippen molar-refractivity contribution in [3.05, 3.63) is 35.4 Å². The highest BCUT2D eigenvalue weighted by atomic mass is 19.4. The van der Waals surface area contributed by atoms with Gasteiger partial charge in [0.1, 0.15) is 6.61 Å². The Morgan fingerprint density at radius 1 is 1.22 bits per heavy atom. The zero-order valence-corrected chi connectivity index (χ0v) is 15.0. The van der Waals surface area contributed by atoms with E-state index in [-0.39, 0.29) is 31.6 Å². The molecule has 1 aromatic carbocycles. The average molecular weight is 388 g/mol. The molecule has 1 aliphatic rings. The van der Waals surface area contributed by atoms with Crippen LogP contribution < -0.4 is 5.32 Å². The SMILES string of the molecule is CC1CC(C(=O)O)CN(C(=O)NCc2ccc(COCC(F)(F)F)cc2)C1. The molecule has 1 fully saturated rings. The summed E-state index contributed by atoms with van der Waals surface area (Å²) in [7, 11) is 0. The summed E-state index contributed by atoms with van der Waals surface area (Å²) >= 11 is 0. The van der Waals surface area contributed by atoms with Gasteiger partial charge in [-0.2, -0.15) is 13.2 Å². The van der Waals surface area contributed by atoms with Crippen molar-refractivity contribution in [3.63, 3.8) is 0 Å². The van der Waals surface area contributed by atoms with Crippen LogP contribution in [0.1, 0.15) is 24.5 Å². The summed E-state index contributed by atoms with van der Waals surface area (Å²) in [5, 5.41) is 11.9. The van der Waals surface area contributed by atoms with Crippen LogP contribution in [0.15, 0.2) is 24.3 Å². The maximum absolute atomic E-state index is 12.3. The number of hydrogen-bond donors (Lipinski definition) is 2.